The van der Waals surface area contributed by atoms with Gasteiger partial charge in [0.1, 0.15) is 5.82 Å². The minimum absolute atomic E-state index is 0.0417. The van der Waals surface area contributed by atoms with Gasteiger partial charge < -0.3 is 5.32 Å². The van der Waals surface area contributed by atoms with Crippen LogP contribution in [-0.4, -0.2) is 11.0 Å². The third kappa shape index (κ3) is 4.72. The second kappa shape index (κ2) is 7.28. The molecule has 0 radical (unpaired) electrons. The Hall–Kier alpha value is -1.06. The average Bonchev–Trinajstić information content (AvgIpc) is 2.42. The van der Waals surface area contributed by atoms with Crippen LogP contribution in [-0.2, 0) is 0 Å². The van der Waals surface area contributed by atoms with Gasteiger partial charge in [-0.25, -0.2) is 4.39 Å². The third-order valence-corrected chi connectivity index (χ3v) is 3.86. The van der Waals surface area contributed by atoms with Gasteiger partial charge in [-0.2, -0.15) is 0 Å². The first-order valence-electron chi connectivity index (χ1n) is 5.78. The summed E-state index contributed by atoms with van der Waals surface area (Å²) in [5.41, 5.74) is 0.673. The molecule has 7 heteroatoms. The third-order valence-electron chi connectivity index (χ3n) is 2.49. The fourth-order valence-electron chi connectivity index (χ4n) is 1.55. The van der Waals surface area contributed by atoms with E-state index in [0.717, 1.165) is 8.04 Å². The average molecular weight is 479 g/mol. The summed E-state index contributed by atoms with van der Waals surface area (Å²) in [4.78, 5) is 12.0. The molecule has 1 amide bonds. The van der Waals surface area contributed by atoms with Gasteiger partial charge >= 0.3 is 0 Å². The summed E-state index contributed by atoms with van der Waals surface area (Å²) < 4.78 is 15.2. The molecular formula is C14H9BrFIN2OS. The van der Waals surface area contributed by atoms with Gasteiger partial charge in [-0.15, -0.1) is 0 Å². The Bertz CT molecular complexity index is 711. The van der Waals surface area contributed by atoms with Gasteiger partial charge in [-0.3, -0.25) is 10.1 Å². The quantitative estimate of drug-likeness (QED) is 0.499. The number of halogens is 3. The van der Waals surface area contributed by atoms with Crippen molar-refractivity contribution in [2.24, 2.45) is 0 Å². The molecule has 0 spiro atoms. The second-order valence-corrected chi connectivity index (χ2v) is 6.61. The standard InChI is InChI=1S/C14H9BrFIN2OS/c15-9-3-1-2-8(6-9)13(20)19-14(21)18-12-5-4-10(17)7-11(12)16/h1-7H,(H2,18,19,20,21). The Kier molecular flexibility index (Phi) is 5.65. The van der Waals surface area contributed by atoms with Crippen LogP contribution in [0.1, 0.15) is 10.4 Å². The Labute approximate surface area is 148 Å². The van der Waals surface area contributed by atoms with E-state index in [1.54, 1.807) is 30.3 Å². The molecule has 0 saturated carbocycles. The molecule has 108 valence electrons. The van der Waals surface area contributed by atoms with E-state index >= 15 is 0 Å². The molecular weight excluding hydrogens is 470 g/mol. The summed E-state index contributed by atoms with van der Waals surface area (Å²) in [5, 5.41) is 5.21. The predicted octanol–water partition coefficient (Wildman–Crippen LogP) is 4.32. The molecule has 0 saturated heterocycles. The van der Waals surface area contributed by atoms with Crippen molar-refractivity contribution >= 4 is 67.4 Å². The number of carbonyl (C=O) groups excluding carboxylic acids is 1. The smallest absolute Gasteiger partial charge is 0.257 e. The first-order valence-corrected chi connectivity index (χ1v) is 8.06. The lowest BCUT2D eigenvalue weighted by molar-refractivity contribution is 0.0977. The summed E-state index contributed by atoms with van der Waals surface area (Å²) in [6.07, 6.45) is 0. The lowest BCUT2D eigenvalue weighted by atomic mass is 10.2. The predicted molar refractivity (Wildman–Crippen MR) is 96.9 cm³/mol. The van der Waals surface area contributed by atoms with Gasteiger partial charge in [-0.1, -0.05) is 22.0 Å². The zero-order valence-corrected chi connectivity index (χ0v) is 15.1. The van der Waals surface area contributed by atoms with Crippen molar-refractivity contribution in [3.05, 3.63) is 61.9 Å². The van der Waals surface area contributed by atoms with Crippen LogP contribution >= 0.6 is 50.7 Å². The summed E-state index contributed by atoms with van der Waals surface area (Å²) >= 11 is 10.3. The van der Waals surface area contributed by atoms with Crippen molar-refractivity contribution in [1.29, 1.82) is 0 Å². The van der Waals surface area contributed by atoms with Gasteiger partial charge in [0, 0.05) is 13.6 Å². The molecule has 0 heterocycles. The number of benzene rings is 2. The molecule has 0 aliphatic carbocycles. The summed E-state index contributed by atoms with van der Waals surface area (Å²) in [5.74, 6) is -0.791. The first-order chi connectivity index (χ1) is 9.95. The van der Waals surface area contributed by atoms with E-state index in [9.17, 15) is 9.18 Å². The molecule has 0 aliphatic rings. The molecule has 21 heavy (non-hydrogen) atoms. The van der Waals surface area contributed by atoms with E-state index in [1.165, 1.54) is 6.07 Å². The molecule has 0 unspecified atom stereocenters. The Morgan fingerprint density at radius 3 is 2.67 bits per heavy atom. The van der Waals surface area contributed by atoms with Crippen molar-refractivity contribution < 1.29 is 9.18 Å². The fraction of sp³-hybridized carbons (Fsp3) is 0. The molecule has 0 aromatic heterocycles. The zero-order chi connectivity index (χ0) is 15.4. The van der Waals surface area contributed by atoms with E-state index in [-0.39, 0.29) is 16.7 Å². The van der Waals surface area contributed by atoms with Crippen molar-refractivity contribution in [1.82, 2.24) is 5.32 Å². The molecule has 0 atom stereocenters. The lowest BCUT2D eigenvalue weighted by Gasteiger charge is -2.10. The highest BCUT2D eigenvalue weighted by molar-refractivity contribution is 14.1. The zero-order valence-electron chi connectivity index (χ0n) is 10.5. The van der Waals surface area contributed by atoms with Crippen LogP contribution in [0.15, 0.2) is 46.9 Å². The molecule has 2 aromatic rings. The van der Waals surface area contributed by atoms with E-state index in [1.807, 2.05) is 28.7 Å². The Morgan fingerprint density at radius 2 is 2.00 bits per heavy atom. The number of hydrogen-bond acceptors (Lipinski definition) is 2. The molecule has 0 bridgehead atoms. The van der Waals surface area contributed by atoms with Crippen LogP contribution in [0, 0.1) is 9.39 Å². The van der Waals surface area contributed by atoms with Gasteiger partial charge in [0.15, 0.2) is 5.11 Å². The van der Waals surface area contributed by atoms with Gasteiger partial charge in [0.2, 0.25) is 0 Å². The van der Waals surface area contributed by atoms with Crippen molar-refractivity contribution in [2.45, 2.75) is 0 Å². The van der Waals surface area contributed by atoms with Crippen LogP contribution in [0.4, 0.5) is 10.1 Å². The maximum Gasteiger partial charge on any atom is 0.257 e. The molecule has 2 rings (SSSR count). The molecule has 2 aromatic carbocycles. The highest BCUT2D eigenvalue weighted by atomic mass is 127. The van der Waals surface area contributed by atoms with E-state index in [2.05, 4.69) is 26.6 Å². The fourth-order valence-corrected chi connectivity index (χ4v) is 2.60. The van der Waals surface area contributed by atoms with Crippen LogP contribution < -0.4 is 10.6 Å². The lowest BCUT2D eigenvalue weighted by Crippen LogP contribution is -2.34. The SMILES string of the molecule is O=C(NC(=S)Nc1ccc(I)cc1F)c1cccc(Br)c1. The molecule has 0 fully saturated rings. The van der Waals surface area contributed by atoms with E-state index in [0.29, 0.717) is 5.56 Å². The largest absolute Gasteiger partial charge is 0.330 e. The number of rotatable bonds is 2. The van der Waals surface area contributed by atoms with E-state index < -0.39 is 5.82 Å². The van der Waals surface area contributed by atoms with Crippen molar-refractivity contribution in [3.63, 3.8) is 0 Å². The van der Waals surface area contributed by atoms with E-state index in [4.69, 9.17) is 12.2 Å². The molecule has 3 nitrogen and oxygen atoms in total. The van der Waals surface area contributed by atoms with Crippen molar-refractivity contribution in [3.8, 4) is 0 Å². The van der Waals surface area contributed by atoms with Gasteiger partial charge in [0.05, 0.1) is 5.69 Å². The number of thiocarbonyl (C=S) groups is 1. The number of carbonyl (C=O) groups is 1. The normalized spacial score (nSPS) is 10.0. The van der Waals surface area contributed by atoms with Gasteiger partial charge in [0.25, 0.3) is 5.91 Å². The van der Waals surface area contributed by atoms with Crippen LogP contribution in [0.25, 0.3) is 0 Å². The highest BCUT2D eigenvalue weighted by Crippen LogP contribution is 2.17. The molecule has 2 N–H and O–H groups in total. The van der Waals surface area contributed by atoms with Crippen LogP contribution in [0.2, 0.25) is 0 Å². The van der Waals surface area contributed by atoms with Crippen molar-refractivity contribution in [2.75, 3.05) is 5.32 Å². The minimum Gasteiger partial charge on any atom is -0.330 e. The van der Waals surface area contributed by atoms with Crippen LogP contribution in [0.5, 0.6) is 0 Å². The summed E-state index contributed by atoms with van der Waals surface area (Å²) in [6, 6.07) is 11.6. The maximum atomic E-state index is 13.7. The molecule has 0 aliphatic heterocycles. The minimum atomic E-state index is -0.430. The number of nitrogens with one attached hydrogen (secondary N) is 2. The monoisotopic (exact) mass is 478 g/mol. The maximum absolute atomic E-state index is 13.7. The van der Waals surface area contributed by atoms with Crippen LogP contribution in [0.3, 0.4) is 0 Å². The number of anilines is 1. The second-order valence-electron chi connectivity index (χ2n) is 4.04. The first kappa shape index (κ1) is 16.3. The number of hydrogen-bond donors (Lipinski definition) is 2. The Balaban J connectivity index is 2.03. The summed E-state index contributed by atoms with van der Waals surface area (Å²) in [7, 11) is 0. The van der Waals surface area contributed by atoms with Gasteiger partial charge in [-0.05, 0) is 71.2 Å². The number of amides is 1. The summed E-state index contributed by atoms with van der Waals surface area (Å²) in [6.45, 7) is 0. The topological polar surface area (TPSA) is 41.1 Å². The Morgan fingerprint density at radius 1 is 1.24 bits per heavy atom. The highest BCUT2D eigenvalue weighted by Gasteiger charge is 2.10.